The fraction of sp³-hybridized carbons (Fsp3) is 0. The molecule has 0 spiro atoms. The number of nitriles is 1. The van der Waals surface area contributed by atoms with E-state index in [1.54, 1.807) is 4.40 Å². The molecule has 0 radical (unpaired) electrons. The van der Waals surface area contributed by atoms with Gasteiger partial charge in [-0.1, -0.05) is 54.6 Å². The van der Waals surface area contributed by atoms with Crippen LogP contribution in [0.3, 0.4) is 0 Å². The Balaban J connectivity index is 2.19. The third-order valence-corrected chi connectivity index (χ3v) is 4.04. The molecule has 0 aliphatic carbocycles. The van der Waals surface area contributed by atoms with E-state index in [4.69, 9.17) is 0 Å². The van der Waals surface area contributed by atoms with Crippen molar-refractivity contribution >= 4 is 16.4 Å². The van der Waals surface area contributed by atoms with Crippen LogP contribution in [0.1, 0.15) is 5.56 Å². The molecule has 0 aliphatic rings. The molecule has 4 rings (SSSR count). The molecule has 0 aliphatic heterocycles. The van der Waals surface area contributed by atoms with Crippen molar-refractivity contribution in [2.45, 2.75) is 0 Å². The maximum absolute atomic E-state index is 12.9. The summed E-state index contributed by atoms with van der Waals surface area (Å²) in [5, 5.41) is 10.5. The highest BCUT2D eigenvalue weighted by Gasteiger charge is 2.13. The lowest BCUT2D eigenvalue weighted by Gasteiger charge is -2.10. The maximum Gasteiger partial charge on any atom is 0.274 e. The molecule has 2 aromatic heterocycles. The molecule has 4 aromatic rings. The lowest BCUT2D eigenvalue weighted by Crippen LogP contribution is -2.18. The molecule has 2 heterocycles. The predicted octanol–water partition coefficient (Wildman–Crippen LogP) is 3.99. The Kier molecular flexibility index (Phi) is 2.96. The molecular formula is C20H12N2O. The number of pyridine rings is 2. The van der Waals surface area contributed by atoms with E-state index in [0.717, 1.165) is 22.0 Å². The standard InChI is InChI=1S/C20H12N2O/c21-13-18-17(14-6-2-1-3-7-14)12-16-11-10-15-8-4-5-9-19(15)22(16)20(18)23/h1-12H. The van der Waals surface area contributed by atoms with E-state index < -0.39 is 0 Å². The van der Waals surface area contributed by atoms with Crippen LogP contribution >= 0.6 is 0 Å². The fourth-order valence-electron chi connectivity index (χ4n) is 2.96. The highest BCUT2D eigenvalue weighted by atomic mass is 16.1. The molecule has 0 fully saturated rings. The second-order valence-corrected chi connectivity index (χ2v) is 5.37. The zero-order valence-electron chi connectivity index (χ0n) is 12.2. The molecular weight excluding hydrogens is 284 g/mol. The van der Waals surface area contributed by atoms with Gasteiger partial charge in [0.05, 0.1) is 5.52 Å². The summed E-state index contributed by atoms with van der Waals surface area (Å²) in [6, 6.07) is 25.1. The smallest absolute Gasteiger partial charge is 0.274 e. The Hall–Kier alpha value is -3.38. The number of nitrogens with zero attached hydrogens (tertiary/aromatic N) is 2. The number of rotatable bonds is 1. The summed E-state index contributed by atoms with van der Waals surface area (Å²) in [5.74, 6) is 0. The van der Waals surface area contributed by atoms with Crippen molar-refractivity contribution in [2.75, 3.05) is 0 Å². The molecule has 23 heavy (non-hydrogen) atoms. The molecule has 0 saturated heterocycles. The second kappa shape index (κ2) is 5.11. The van der Waals surface area contributed by atoms with Crippen LogP contribution in [-0.2, 0) is 0 Å². The lowest BCUT2D eigenvalue weighted by molar-refractivity contribution is 1.14. The van der Waals surface area contributed by atoms with Gasteiger partial charge >= 0.3 is 0 Å². The van der Waals surface area contributed by atoms with Crippen molar-refractivity contribution in [3.63, 3.8) is 0 Å². The van der Waals surface area contributed by atoms with E-state index in [-0.39, 0.29) is 11.1 Å². The van der Waals surface area contributed by atoms with E-state index in [1.807, 2.05) is 72.8 Å². The zero-order valence-corrected chi connectivity index (χ0v) is 12.2. The van der Waals surface area contributed by atoms with Gasteiger partial charge in [0.2, 0.25) is 0 Å². The quantitative estimate of drug-likeness (QED) is 0.498. The van der Waals surface area contributed by atoms with E-state index in [0.29, 0.717) is 5.56 Å². The third kappa shape index (κ3) is 2.01. The molecule has 2 aromatic carbocycles. The Morgan fingerprint density at radius 2 is 1.61 bits per heavy atom. The molecule has 3 nitrogen and oxygen atoms in total. The van der Waals surface area contributed by atoms with Gasteiger partial charge < -0.3 is 0 Å². The highest BCUT2D eigenvalue weighted by molar-refractivity contribution is 5.85. The Bertz CT molecular complexity index is 1140. The van der Waals surface area contributed by atoms with E-state index in [9.17, 15) is 10.1 Å². The summed E-state index contributed by atoms with van der Waals surface area (Å²) in [6.07, 6.45) is 0. The van der Waals surface area contributed by atoms with E-state index in [1.165, 1.54) is 0 Å². The van der Waals surface area contributed by atoms with Crippen molar-refractivity contribution in [3.05, 3.63) is 88.7 Å². The van der Waals surface area contributed by atoms with Crippen LogP contribution in [-0.4, -0.2) is 4.40 Å². The van der Waals surface area contributed by atoms with Gasteiger partial charge in [0.25, 0.3) is 5.56 Å². The van der Waals surface area contributed by atoms with E-state index >= 15 is 0 Å². The van der Waals surface area contributed by atoms with E-state index in [2.05, 4.69) is 6.07 Å². The highest BCUT2D eigenvalue weighted by Crippen LogP contribution is 2.24. The van der Waals surface area contributed by atoms with Gasteiger partial charge in [-0.2, -0.15) is 5.26 Å². The Labute approximate surface area is 132 Å². The van der Waals surface area contributed by atoms with Gasteiger partial charge in [-0.15, -0.1) is 0 Å². The normalized spacial score (nSPS) is 10.7. The summed E-state index contributed by atoms with van der Waals surface area (Å²) < 4.78 is 1.61. The van der Waals surface area contributed by atoms with Crippen LogP contribution < -0.4 is 5.56 Å². The first-order valence-electron chi connectivity index (χ1n) is 7.32. The Morgan fingerprint density at radius 1 is 0.870 bits per heavy atom. The molecule has 0 atom stereocenters. The van der Waals surface area contributed by atoms with Crippen LogP contribution in [0, 0.1) is 11.3 Å². The average Bonchev–Trinajstić information content (AvgIpc) is 2.62. The summed E-state index contributed by atoms with van der Waals surface area (Å²) in [7, 11) is 0. The largest absolute Gasteiger partial charge is 0.276 e. The number of hydrogen-bond acceptors (Lipinski definition) is 2. The van der Waals surface area contributed by atoms with Crippen LogP contribution in [0.25, 0.3) is 27.5 Å². The number of benzene rings is 2. The van der Waals surface area contributed by atoms with Gasteiger partial charge in [0, 0.05) is 11.1 Å². The monoisotopic (exact) mass is 296 g/mol. The van der Waals surface area contributed by atoms with Gasteiger partial charge in [-0.3, -0.25) is 9.20 Å². The van der Waals surface area contributed by atoms with Gasteiger partial charge in [-0.25, -0.2) is 0 Å². The molecule has 0 N–H and O–H groups in total. The SMILES string of the molecule is N#Cc1c(-c2ccccc2)cc2ccc3ccccc3n2c1=O. The first-order valence-corrected chi connectivity index (χ1v) is 7.32. The van der Waals surface area contributed by atoms with Crippen molar-refractivity contribution < 1.29 is 0 Å². The average molecular weight is 296 g/mol. The zero-order chi connectivity index (χ0) is 15.8. The second-order valence-electron chi connectivity index (χ2n) is 5.37. The number of aromatic nitrogens is 1. The topological polar surface area (TPSA) is 45.3 Å². The van der Waals surface area contributed by atoms with Crippen LogP contribution in [0.4, 0.5) is 0 Å². The minimum absolute atomic E-state index is 0.171. The minimum Gasteiger partial charge on any atom is -0.276 e. The fourth-order valence-corrected chi connectivity index (χ4v) is 2.96. The first kappa shape index (κ1) is 13.3. The van der Waals surface area contributed by atoms with Crippen molar-refractivity contribution in [1.82, 2.24) is 4.40 Å². The predicted molar refractivity (Wildman–Crippen MR) is 91.3 cm³/mol. The number of fused-ring (bicyclic) bond motifs is 3. The number of para-hydroxylation sites is 1. The first-order chi connectivity index (χ1) is 11.3. The molecule has 0 amide bonds. The van der Waals surface area contributed by atoms with Crippen LogP contribution in [0.5, 0.6) is 0 Å². The van der Waals surface area contributed by atoms with Crippen molar-refractivity contribution in [1.29, 1.82) is 5.26 Å². The summed E-state index contributed by atoms with van der Waals surface area (Å²) in [6.45, 7) is 0. The van der Waals surface area contributed by atoms with Gasteiger partial charge in [-0.05, 0) is 29.1 Å². The summed E-state index contributed by atoms with van der Waals surface area (Å²) in [4.78, 5) is 12.9. The molecule has 0 unspecified atom stereocenters. The van der Waals surface area contributed by atoms with Crippen LogP contribution in [0.2, 0.25) is 0 Å². The molecule has 0 bridgehead atoms. The lowest BCUT2D eigenvalue weighted by atomic mass is 10.0. The minimum atomic E-state index is -0.277. The van der Waals surface area contributed by atoms with Gasteiger partial charge in [0.1, 0.15) is 11.6 Å². The molecule has 3 heteroatoms. The Morgan fingerprint density at radius 3 is 2.39 bits per heavy atom. The van der Waals surface area contributed by atoms with Crippen LogP contribution in [0.15, 0.2) is 77.6 Å². The summed E-state index contributed by atoms with van der Waals surface area (Å²) >= 11 is 0. The van der Waals surface area contributed by atoms with Crippen molar-refractivity contribution in [3.8, 4) is 17.2 Å². The summed E-state index contributed by atoms with van der Waals surface area (Å²) in [5.41, 5.74) is 3.04. The third-order valence-electron chi connectivity index (χ3n) is 4.04. The number of hydrogen-bond donors (Lipinski definition) is 0. The molecule has 108 valence electrons. The van der Waals surface area contributed by atoms with Crippen molar-refractivity contribution in [2.24, 2.45) is 0 Å². The molecule has 0 saturated carbocycles. The van der Waals surface area contributed by atoms with Gasteiger partial charge in [0.15, 0.2) is 0 Å². The maximum atomic E-state index is 12.9.